The number of nitrogens with zero attached hydrogens (tertiary/aromatic N) is 1. The number of halogens is 1. The molecule has 3 nitrogen and oxygen atoms in total. The molecule has 1 aliphatic heterocycles. The summed E-state index contributed by atoms with van der Waals surface area (Å²) in [6, 6.07) is 5.61. The van der Waals surface area contributed by atoms with E-state index < -0.39 is 0 Å². The molecule has 1 aromatic rings. The molecule has 80 valence electrons. The zero-order chi connectivity index (χ0) is 10.8. The predicted molar refractivity (Wildman–Crippen MR) is 57.7 cm³/mol. The summed E-state index contributed by atoms with van der Waals surface area (Å²) >= 11 is 5.91. The van der Waals surface area contributed by atoms with Crippen molar-refractivity contribution in [3.63, 3.8) is 0 Å². The lowest BCUT2D eigenvalue weighted by Crippen LogP contribution is -2.28. The average Bonchev–Trinajstić information content (AvgIpc) is 2.38. The number of carbonyl (C=O) groups is 1. The van der Waals surface area contributed by atoms with Crippen LogP contribution in [-0.2, 0) is 17.9 Å². The summed E-state index contributed by atoms with van der Waals surface area (Å²) in [5, 5.41) is 0.694. The monoisotopic (exact) mass is 225 g/mol. The quantitative estimate of drug-likeness (QED) is 0.736. The molecule has 0 saturated heterocycles. The molecule has 0 fully saturated rings. The number of hydrogen-bond acceptors (Lipinski definition) is 2. The van der Waals surface area contributed by atoms with Crippen LogP contribution in [0.2, 0.25) is 5.02 Å². The van der Waals surface area contributed by atoms with Gasteiger partial charge in [0.05, 0.1) is 0 Å². The summed E-state index contributed by atoms with van der Waals surface area (Å²) in [5.74, 6) is 0. The van der Waals surface area contributed by atoms with Gasteiger partial charge in [-0.05, 0) is 30.2 Å². The molecule has 15 heavy (non-hydrogen) atoms. The Labute approximate surface area is 93.6 Å². The molecule has 0 aromatic heterocycles. The number of fused-ring (bicyclic) bond motifs is 1. The number of ether oxygens (including phenoxy) is 1. The molecule has 0 unspecified atom stereocenters. The van der Waals surface area contributed by atoms with Crippen molar-refractivity contribution < 1.29 is 9.53 Å². The Morgan fingerprint density at radius 3 is 3.00 bits per heavy atom. The van der Waals surface area contributed by atoms with Gasteiger partial charge in [-0.25, -0.2) is 4.79 Å². The van der Waals surface area contributed by atoms with Crippen LogP contribution in [0.15, 0.2) is 18.2 Å². The van der Waals surface area contributed by atoms with Gasteiger partial charge in [-0.1, -0.05) is 17.7 Å². The van der Waals surface area contributed by atoms with Crippen LogP contribution in [-0.4, -0.2) is 17.5 Å². The minimum atomic E-state index is -0.259. The largest absolute Gasteiger partial charge is 0.445 e. The SMILES string of the molecule is CCN1Cc2cc(Cl)ccc2COC1=O. The zero-order valence-electron chi connectivity index (χ0n) is 8.50. The van der Waals surface area contributed by atoms with E-state index in [1.54, 1.807) is 4.90 Å². The summed E-state index contributed by atoms with van der Waals surface area (Å²) < 4.78 is 5.12. The van der Waals surface area contributed by atoms with E-state index in [1.165, 1.54) is 0 Å². The summed E-state index contributed by atoms with van der Waals surface area (Å²) in [7, 11) is 0. The first-order valence-electron chi connectivity index (χ1n) is 4.89. The van der Waals surface area contributed by atoms with Gasteiger partial charge in [0.25, 0.3) is 0 Å². The van der Waals surface area contributed by atoms with Crippen molar-refractivity contribution in [2.24, 2.45) is 0 Å². The van der Waals surface area contributed by atoms with E-state index in [9.17, 15) is 4.79 Å². The van der Waals surface area contributed by atoms with Gasteiger partial charge in [0.1, 0.15) is 6.61 Å². The molecular weight excluding hydrogens is 214 g/mol. The summed E-state index contributed by atoms with van der Waals surface area (Å²) in [6.07, 6.45) is -0.259. The van der Waals surface area contributed by atoms with E-state index in [0.29, 0.717) is 24.7 Å². The fourth-order valence-corrected chi connectivity index (χ4v) is 1.82. The Morgan fingerprint density at radius 2 is 2.27 bits per heavy atom. The van der Waals surface area contributed by atoms with Crippen LogP contribution in [0.1, 0.15) is 18.1 Å². The number of hydrogen-bond donors (Lipinski definition) is 0. The third-order valence-corrected chi connectivity index (χ3v) is 2.76. The maximum absolute atomic E-state index is 11.5. The van der Waals surface area contributed by atoms with Crippen LogP contribution < -0.4 is 0 Å². The van der Waals surface area contributed by atoms with Gasteiger partial charge in [0, 0.05) is 18.1 Å². The second kappa shape index (κ2) is 4.11. The van der Waals surface area contributed by atoms with Crippen molar-refractivity contribution >= 4 is 17.7 Å². The molecule has 0 atom stereocenters. The molecule has 0 N–H and O–H groups in total. The highest BCUT2D eigenvalue weighted by Gasteiger charge is 2.20. The van der Waals surface area contributed by atoms with Gasteiger partial charge in [-0.3, -0.25) is 0 Å². The maximum atomic E-state index is 11.5. The third-order valence-electron chi connectivity index (χ3n) is 2.52. The molecule has 0 radical (unpaired) electrons. The number of benzene rings is 1. The fourth-order valence-electron chi connectivity index (χ4n) is 1.62. The van der Waals surface area contributed by atoms with E-state index in [2.05, 4.69) is 0 Å². The molecule has 4 heteroatoms. The number of carbonyl (C=O) groups excluding carboxylic acids is 1. The first kappa shape index (κ1) is 10.3. The van der Waals surface area contributed by atoms with E-state index in [0.717, 1.165) is 11.1 Å². The van der Waals surface area contributed by atoms with Gasteiger partial charge < -0.3 is 9.64 Å². The van der Waals surface area contributed by atoms with Crippen molar-refractivity contribution in [2.45, 2.75) is 20.1 Å². The Bertz CT molecular complexity index is 392. The molecule has 1 aliphatic rings. The minimum Gasteiger partial charge on any atom is -0.445 e. The molecule has 0 bridgehead atoms. The van der Waals surface area contributed by atoms with Crippen molar-refractivity contribution in [2.75, 3.05) is 6.54 Å². The molecule has 2 rings (SSSR count). The van der Waals surface area contributed by atoms with Crippen molar-refractivity contribution in [3.8, 4) is 0 Å². The van der Waals surface area contributed by atoms with E-state index in [1.807, 2.05) is 25.1 Å². The maximum Gasteiger partial charge on any atom is 0.410 e. The van der Waals surface area contributed by atoms with Crippen LogP contribution >= 0.6 is 11.6 Å². The van der Waals surface area contributed by atoms with E-state index in [4.69, 9.17) is 16.3 Å². The van der Waals surface area contributed by atoms with Gasteiger partial charge in [0.2, 0.25) is 0 Å². The number of amides is 1. The fraction of sp³-hybridized carbons (Fsp3) is 0.364. The van der Waals surface area contributed by atoms with Crippen molar-refractivity contribution in [1.29, 1.82) is 0 Å². The molecular formula is C11H12ClNO2. The first-order chi connectivity index (χ1) is 7.20. The lowest BCUT2D eigenvalue weighted by Gasteiger charge is -2.16. The summed E-state index contributed by atoms with van der Waals surface area (Å²) in [4.78, 5) is 13.1. The molecule has 0 saturated carbocycles. The van der Waals surface area contributed by atoms with Crippen molar-refractivity contribution in [1.82, 2.24) is 4.90 Å². The smallest absolute Gasteiger partial charge is 0.410 e. The normalized spacial score (nSPS) is 15.6. The van der Waals surface area contributed by atoms with Crippen LogP contribution in [0.25, 0.3) is 0 Å². The van der Waals surface area contributed by atoms with Crippen LogP contribution in [0, 0.1) is 0 Å². The molecule has 1 heterocycles. The topological polar surface area (TPSA) is 29.5 Å². The molecule has 0 aliphatic carbocycles. The highest BCUT2D eigenvalue weighted by Crippen LogP contribution is 2.21. The Hall–Kier alpha value is -1.22. The van der Waals surface area contributed by atoms with Gasteiger partial charge in [-0.15, -0.1) is 0 Å². The van der Waals surface area contributed by atoms with Gasteiger partial charge in [0.15, 0.2) is 0 Å². The highest BCUT2D eigenvalue weighted by atomic mass is 35.5. The highest BCUT2D eigenvalue weighted by molar-refractivity contribution is 6.30. The van der Waals surface area contributed by atoms with Crippen LogP contribution in [0.4, 0.5) is 4.79 Å². The second-order valence-electron chi connectivity index (χ2n) is 3.48. The lowest BCUT2D eigenvalue weighted by molar-refractivity contribution is 0.102. The Kier molecular flexibility index (Phi) is 2.82. The van der Waals surface area contributed by atoms with Crippen LogP contribution in [0.3, 0.4) is 0 Å². The molecule has 0 spiro atoms. The van der Waals surface area contributed by atoms with Crippen molar-refractivity contribution in [3.05, 3.63) is 34.3 Å². The third kappa shape index (κ3) is 2.07. The Morgan fingerprint density at radius 1 is 1.47 bits per heavy atom. The van der Waals surface area contributed by atoms with E-state index >= 15 is 0 Å². The summed E-state index contributed by atoms with van der Waals surface area (Å²) in [5.41, 5.74) is 2.10. The van der Waals surface area contributed by atoms with E-state index in [-0.39, 0.29) is 6.09 Å². The standard InChI is InChI=1S/C11H12ClNO2/c1-2-13-6-9-5-10(12)4-3-8(9)7-15-11(13)14/h3-5H,2,6-7H2,1H3. The van der Waals surface area contributed by atoms with Gasteiger partial charge in [-0.2, -0.15) is 0 Å². The lowest BCUT2D eigenvalue weighted by atomic mass is 10.1. The predicted octanol–water partition coefficient (Wildman–Crippen LogP) is 2.81. The molecule has 1 aromatic carbocycles. The Balaban J connectivity index is 2.34. The van der Waals surface area contributed by atoms with Gasteiger partial charge >= 0.3 is 6.09 Å². The number of rotatable bonds is 1. The molecule has 1 amide bonds. The minimum absolute atomic E-state index is 0.259. The summed E-state index contributed by atoms with van der Waals surface area (Å²) in [6.45, 7) is 3.48. The number of cyclic esters (lactones) is 1. The second-order valence-corrected chi connectivity index (χ2v) is 3.92. The van der Waals surface area contributed by atoms with Crippen LogP contribution in [0.5, 0.6) is 0 Å². The first-order valence-corrected chi connectivity index (χ1v) is 5.27. The average molecular weight is 226 g/mol. The zero-order valence-corrected chi connectivity index (χ0v) is 9.25.